The van der Waals surface area contributed by atoms with E-state index in [9.17, 15) is 4.79 Å². The van der Waals surface area contributed by atoms with Crippen molar-refractivity contribution in [2.75, 3.05) is 11.4 Å². The first kappa shape index (κ1) is 14.1. The van der Waals surface area contributed by atoms with Crippen LogP contribution in [-0.4, -0.2) is 24.5 Å². The Bertz CT molecular complexity index is 439. The number of hydrogen-bond donors (Lipinski definition) is 1. The van der Waals surface area contributed by atoms with Crippen LogP contribution in [0.1, 0.15) is 45.6 Å². The maximum absolute atomic E-state index is 12.4. The number of benzene rings is 1. The molecule has 2 unspecified atom stereocenters. The lowest BCUT2D eigenvalue weighted by molar-refractivity contribution is -0.119. The average molecular weight is 260 g/mol. The van der Waals surface area contributed by atoms with Gasteiger partial charge in [-0.1, -0.05) is 26.0 Å². The van der Waals surface area contributed by atoms with Crippen molar-refractivity contribution in [2.24, 2.45) is 0 Å². The minimum absolute atomic E-state index is 0.109. The normalized spacial score (nSPS) is 24.7. The summed E-state index contributed by atoms with van der Waals surface area (Å²) in [6.45, 7) is 9.23. The molecule has 0 bridgehead atoms. The van der Waals surface area contributed by atoms with Gasteiger partial charge in [-0.2, -0.15) is 0 Å². The molecule has 0 aromatic heterocycles. The summed E-state index contributed by atoms with van der Waals surface area (Å²) >= 11 is 0. The summed E-state index contributed by atoms with van der Waals surface area (Å²) in [7, 11) is 0. The van der Waals surface area contributed by atoms with Gasteiger partial charge in [0.1, 0.15) is 0 Å². The molecule has 1 aromatic carbocycles. The molecule has 0 saturated carbocycles. The number of anilines is 1. The second kappa shape index (κ2) is 5.74. The summed E-state index contributed by atoms with van der Waals surface area (Å²) < 4.78 is 0. The molecule has 0 radical (unpaired) electrons. The predicted molar refractivity (Wildman–Crippen MR) is 79.6 cm³/mol. The molecular formula is C16H24N2O. The predicted octanol–water partition coefficient (Wildman–Crippen LogP) is 2.91. The molecule has 2 atom stereocenters. The highest BCUT2D eigenvalue weighted by atomic mass is 16.2. The van der Waals surface area contributed by atoms with Crippen LogP contribution < -0.4 is 10.2 Å². The molecule has 1 heterocycles. The molecule has 1 aliphatic heterocycles. The zero-order valence-corrected chi connectivity index (χ0v) is 12.3. The third-order valence-corrected chi connectivity index (χ3v) is 3.83. The third kappa shape index (κ3) is 3.16. The molecular weight excluding hydrogens is 236 g/mol. The van der Waals surface area contributed by atoms with E-state index in [4.69, 9.17) is 0 Å². The van der Waals surface area contributed by atoms with Crippen LogP contribution in [0.2, 0.25) is 0 Å². The quantitative estimate of drug-likeness (QED) is 0.886. The van der Waals surface area contributed by atoms with Crippen molar-refractivity contribution in [1.82, 2.24) is 5.32 Å². The van der Waals surface area contributed by atoms with Crippen molar-refractivity contribution in [1.29, 1.82) is 0 Å². The van der Waals surface area contributed by atoms with Crippen LogP contribution >= 0.6 is 0 Å². The van der Waals surface area contributed by atoms with Crippen LogP contribution in [0.4, 0.5) is 5.69 Å². The zero-order valence-electron chi connectivity index (χ0n) is 12.3. The fourth-order valence-electron chi connectivity index (χ4n) is 2.54. The fraction of sp³-hybridized carbons (Fsp3) is 0.562. The van der Waals surface area contributed by atoms with Gasteiger partial charge < -0.3 is 10.2 Å². The van der Waals surface area contributed by atoms with E-state index in [0.29, 0.717) is 12.0 Å². The van der Waals surface area contributed by atoms with Gasteiger partial charge in [0.05, 0.1) is 6.04 Å². The number of rotatable bonds is 2. The Balaban J connectivity index is 2.21. The van der Waals surface area contributed by atoms with Gasteiger partial charge in [-0.05, 0) is 43.9 Å². The topological polar surface area (TPSA) is 32.3 Å². The van der Waals surface area contributed by atoms with Crippen molar-refractivity contribution < 1.29 is 4.79 Å². The highest BCUT2D eigenvalue weighted by Crippen LogP contribution is 2.22. The van der Waals surface area contributed by atoms with E-state index in [0.717, 1.165) is 18.7 Å². The summed E-state index contributed by atoms with van der Waals surface area (Å²) in [5, 5.41) is 3.33. The van der Waals surface area contributed by atoms with Gasteiger partial charge in [0.25, 0.3) is 0 Å². The molecule has 3 nitrogen and oxygen atoms in total. The molecule has 1 aromatic rings. The maximum atomic E-state index is 12.4. The highest BCUT2D eigenvalue weighted by Gasteiger charge is 2.26. The Kier molecular flexibility index (Phi) is 4.25. The van der Waals surface area contributed by atoms with E-state index in [1.54, 1.807) is 0 Å². The van der Waals surface area contributed by atoms with Crippen LogP contribution in [0.5, 0.6) is 0 Å². The molecule has 0 spiro atoms. The van der Waals surface area contributed by atoms with Crippen LogP contribution in [0.3, 0.4) is 0 Å². The molecule has 1 saturated heterocycles. The minimum Gasteiger partial charge on any atom is -0.311 e. The number of amides is 1. The largest absolute Gasteiger partial charge is 0.311 e. The van der Waals surface area contributed by atoms with Crippen molar-refractivity contribution in [2.45, 2.75) is 52.1 Å². The van der Waals surface area contributed by atoms with Gasteiger partial charge in [0.2, 0.25) is 5.91 Å². The van der Waals surface area contributed by atoms with E-state index in [1.807, 2.05) is 11.8 Å². The lowest BCUT2D eigenvalue weighted by atomic mass is 10.0. The highest BCUT2D eigenvalue weighted by molar-refractivity contribution is 5.97. The molecule has 19 heavy (non-hydrogen) atoms. The molecule has 0 aliphatic carbocycles. The monoisotopic (exact) mass is 260 g/mol. The lowest BCUT2D eigenvalue weighted by Gasteiger charge is -2.23. The first-order valence-corrected chi connectivity index (χ1v) is 7.16. The van der Waals surface area contributed by atoms with Gasteiger partial charge in [-0.3, -0.25) is 4.79 Å². The van der Waals surface area contributed by atoms with E-state index in [2.05, 4.69) is 50.4 Å². The van der Waals surface area contributed by atoms with Crippen LogP contribution in [0.25, 0.3) is 0 Å². The number of carbonyl (C=O) groups excluding carboxylic acids is 1. The molecule has 2 rings (SSSR count). The maximum Gasteiger partial charge on any atom is 0.243 e. The SMILES string of the molecule is CC1CCN(c2ccc(C(C)C)cc2)C(=O)C(C)N1. The number of nitrogens with one attached hydrogen (secondary N) is 1. The molecule has 104 valence electrons. The van der Waals surface area contributed by atoms with E-state index >= 15 is 0 Å². The second-order valence-corrected chi connectivity index (χ2v) is 5.81. The third-order valence-electron chi connectivity index (χ3n) is 3.83. The minimum atomic E-state index is -0.109. The van der Waals surface area contributed by atoms with Gasteiger partial charge in [-0.25, -0.2) is 0 Å². The van der Waals surface area contributed by atoms with Crippen LogP contribution in [0, 0.1) is 0 Å². The van der Waals surface area contributed by atoms with Crippen LogP contribution in [0.15, 0.2) is 24.3 Å². The van der Waals surface area contributed by atoms with Crippen molar-refractivity contribution in [3.63, 3.8) is 0 Å². The summed E-state index contributed by atoms with van der Waals surface area (Å²) in [5.41, 5.74) is 2.32. The number of hydrogen-bond acceptors (Lipinski definition) is 2. The Labute approximate surface area is 116 Å². The van der Waals surface area contributed by atoms with Gasteiger partial charge in [0.15, 0.2) is 0 Å². The second-order valence-electron chi connectivity index (χ2n) is 5.81. The summed E-state index contributed by atoms with van der Waals surface area (Å²) in [6.07, 6.45) is 0.988. The Morgan fingerprint density at radius 1 is 1.21 bits per heavy atom. The van der Waals surface area contributed by atoms with Gasteiger partial charge >= 0.3 is 0 Å². The van der Waals surface area contributed by atoms with E-state index < -0.39 is 0 Å². The summed E-state index contributed by atoms with van der Waals surface area (Å²) in [6, 6.07) is 8.66. The van der Waals surface area contributed by atoms with Gasteiger partial charge in [0, 0.05) is 18.3 Å². The molecule has 1 N–H and O–H groups in total. The summed E-state index contributed by atoms with van der Waals surface area (Å²) in [5.74, 6) is 0.691. The zero-order chi connectivity index (χ0) is 14.0. The average Bonchev–Trinajstić information content (AvgIpc) is 2.50. The first-order valence-electron chi connectivity index (χ1n) is 7.16. The number of nitrogens with zero attached hydrogens (tertiary/aromatic N) is 1. The first-order chi connectivity index (χ1) is 8.99. The molecule has 1 amide bonds. The fourth-order valence-corrected chi connectivity index (χ4v) is 2.54. The van der Waals surface area contributed by atoms with Crippen molar-refractivity contribution in [3.05, 3.63) is 29.8 Å². The van der Waals surface area contributed by atoms with Gasteiger partial charge in [-0.15, -0.1) is 0 Å². The van der Waals surface area contributed by atoms with Crippen molar-refractivity contribution >= 4 is 11.6 Å². The molecule has 3 heteroatoms. The molecule has 1 aliphatic rings. The number of carbonyl (C=O) groups is 1. The van der Waals surface area contributed by atoms with E-state index in [1.165, 1.54) is 5.56 Å². The standard InChI is InChI=1S/C16H24N2O/c1-11(2)14-5-7-15(8-6-14)18-10-9-12(3)17-13(4)16(18)19/h5-8,11-13,17H,9-10H2,1-4H3. The Hall–Kier alpha value is -1.35. The Morgan fingerprint density at radius 3 is 2.42 bits per heavy atom. The molecule has 1 fully saturated rings. The summed E-state index contributed by atoms with van der Waals surface area (Å²) in [4.78, 5) is 14.3. The lowest BCUT2D eigenvalue weighted by Crippen LogP contribution is -2.43. The smallest absolute Gasteiger partial charge is 0.243 e. The van der Waals surface area contributed by atoms with E-state index in [-0.39, 0.29) is 11.9 Å². The van der Waals surface area contributed by atoms with Crippen LogP contribution in [-0.2, 0) is 4.79 Å². The Morgan fingerprint density at radius 2 is 1.84 bits per heavy atom. The van der Waals surface area contributed by atoms with Crippen molar-refractivity contribution in [3.8, 4) is 0 Å².